The molecular weight excluding hydrogens is 247 g/mol. The van der Waals surface area contributed by atoms with Gasteiger partial charge in [0.1, 0.15) is 24.4 Å². The summed E-state index contributed by atoms with van der Waals surface area (Å²) >= 11 is 0. The van der Waals surface area contributed by atoms with Crippen LogP contribution in [0.15, 0.2) is 0 Å². The second kappa shape index (κ2) is 6.60. The molecule has 0 saturated heterocycles. The Morgan fingerprint density at radius 1 is 1.00 bits per heavy atom. The van der Waals surface area contributed by atoms with Crippen LogP contribution in [0.1, 0.15) is 0 Å². The number of rotatable bonds is 7. The molecule has 10 heteroatoms. The standard InChI is InChI=1S/C6H15O9P/c7-1-3(9)5(10)6(11)4(2-8)15-16(12,13)14/h3-11H,1-2H2,(H2,12,13,14)/t3-,4-,5+,6+/m0/s1. The van der Waals surface area contributed by atoms with Crippen LogP contribution >= 0.6 is 7.82 Å². The molecule has 0 heterocycles. The van der Waals surface area contributed by atoms with Crippen molar-refractivity contribution in [2.75, 3.05) is 13.2 Å². The number of phosphoric ester groups is 1. The van der Waals surface area contributed by atoms with E-state index in [1.54, 1.807) is 0 Å². The lowest BCUT2D eigenvalue weighted by atomic mass is 10.0. The van der Waals surface area contributed by atoms with Crippen molar-refractivity contribution in [1.29, 1.82) is 0 Å². The molecular formula is C6H15O9P. The van der Waals surface area contributed by atoms with E-state index in [0.717, 1.165) is 0 Å². The third-order valence-corrected chi connectivity index (χ3v) is 2.31. The Bertz CT molecular complexity index is 240. The molecule has 0 aromatic heterocycles. The van der Waals surface area contributed by atoms with Gasteiger partial charge in [0.25, 0.3) is 0 Å². The van der Waals surface area contributed by atoms with Gasteiger partial charge in [0.2, 0.25) is 0 Å². The fourth-order valence-electron chi connectivity index (χ4n) is 0.936. The number of hydrogen-bond donors (Lipinski definition) is 7. The normalized spacial score (nSPS) is 20.2. The zero-order valence-corrected chi connectivity index (χ0v) is 9.01. The molecule has 4 atom stereocenters. The summed E-state index contributed by atoms with van der Waals surface area (Å²) in [6, 6.07) is 0. The summed E-state index contributed by atoms with van der Waals surface area (Å²) in [5.41, 5.74) is 0. The molecule has 0 unspecified atom stereocenters. The largest absolute Gasteiger partial charge is 0.470 e. The van der Waals surface area contributed by atoms with Crippen LogP contribution in [-0.4, -0.2) is 72.9 Å². The van der Waals surface area contributed by atoms with E-state index in [1.165, 1.54) is 0 Å². The Balaban J connectivity index is 4.52. The third kappa shape index (κ3) is 5.30. The van der Waals surface area contributed by atoms with Crippen molar-refractivity contribution in [3.05, 3.63) is 0 Å². The van der Waals surface area contributed by atoms with Crippen LogP contribution in [-0.2, 0) is 9.09 Å². The summed E-state index contributed by atoms with van der Waals surface area (Å²) in [4.78, 5) is 16.8. The summed E-state index contributed by atoms with van der Waals surface area (Å²) in [5, 5.41) is 44.6. The van der Waals surface area contributed by atoms with E-state index in [4.69, 9.17) is 25.1 Å². The van der Waals surface area contributed by atoms with E-state index in [1.807, 2.05) is 0 Å². The van der Waals surface area contributed by atoms with Crippen LogP contribution in [0.3, 0.4) is 0 Å². The minimum absolute atomic E-state index is 0.869. The predicted molar refractivity (Wildman–Crippen MR) is 49.1 cm³/mol. The molecule has 16 heavy (non-hydrogen) atoms. The fourth-order valence-corrected chi connectivity index (χ4v) is 1.48. The van der Waals surface area contributed by atoms with E-state index < -0.39 is 45.5 Å². The molecule has 0 aliphatic rings. The monoisotopic (exact) mass is 262 g/mol. The van der Waals surface area contributed by atoms with Gasteiger partial charge in [-0.25, -0.2) is 4.57 Å². The van der Waals surface area contributed by atoms with Gasteiger partial charge in [0.05, 0.1) is 13.2 Å². The van der Waals surface area contributed by atoms with Crippen LogP contribution in [0.5, 0.6) is 0 Å². The van der Waals surface area contributed by atoms with Gasteiger partial charge in [-0.1, -0.05) is 0 Å². The van der Waals surface area contributed by atoms with Gasteiger partial charge < -0.3 is 35.3 Å². The van der Waals surface area contributed by atoms with Gasteiger partial charge in [-0.05, 0) is 0 Å². The average Bonchev–Trinajstić information content (AvgIpc) is 2.21. The highest BCUT2D eigenvalue weighted by Crippen LogP contribution is 2.38. The first-order chi connectivity index (χ1) is 7.22. The highest BCUT2D eigenvalue weighted by Gasteiger charge is 2.35. The van der Waals surface area contributed by atoms with Crippen molar-refractivity contribution in [3.8, 4) is 0 Å². The number of aliphatic hydroxyl groups is 5. The minimum Gasteiger partial charge on any atom is -0.394 e. The third-order valence-electron chi connectivity index (χ3n) is 1.76. The molecule has 0 aliphatic heterocycles. The van der Waals surface area contributed by atoms with Crippen LogP contribution < -0.4 is 0 Å². The highest BCUT2D eigenvalue weighted by molar-refractivity contribution is 7.46. The molecule has 0 aromatic rings. The topological polar surface area (TPSA) is 168 Å². The lowest BCUT2D eigenvalue weighted by Crippen LogP contribution is -2.47. The molecule has 0 fully saturated rings. The molecule has 0 rings (SSSR count). The second-order valence-corrected chi connectivity index (χ2v) is 4.24. The Hall–Kier alpha value is -0.0900. The molecule has 0 saturated carbocycles. The van der Waals surface area contributed by atoms with E-state index in [0.29, 0.717) is 0 Å². The SMILES string of the molecule is O=P(O)(O)O[C@@H](CO)[C@@H](O)[C@H](O)[C@@H](O)CO. The Morgan fingerprint density at radius 3 is 1.81 bits per heavy atom. The van der Waals surface area contributed by atoms with Gasteiger partial charge in [-0.3, -0.25) is 4.52 Å². The molecule has 98 valence electrons. The van der Waals surface area contributed by atoms with Gasteiger partial charge >= 0.3 is 7.82 Å². The summed E-state index contributed by atoms with van der Waals surface area (Å²) in [5.74, 6) is 0. The van der Waals surface area contributed by atoms with E-state index in [9.17, 15) is 14.8 Å². The zero-order valence-electron chi connectivity index (χ0n) is 8.12. The van der Waals surface area contributed by atoms with Crippen molar-refractivity contribution in [3.63, 3.8) is 0 Å². The minimum atomic E-state index is -4.95. The van der Waals surface area contributed by atoms with Crippen LogP contribution in [0.25, 0.3) is 0 Å². The smallest absolute Gasteiger partial charge is 0.394 e. The van der Waals surface area contributed by atoms with Crippen molar-refractivity contribution in [2.24, 2.45) is 0 Å². The molecule has 0 bridgehead atoms. The molecule has 0 aromatic carbocycles. The molecule has 7 N–H and O–H groups in total. The van der Waals surface area contributed by atoms with Gasteiger partial charge in [-0.2, -0.15) is 0 Å². The average molecular weight is 262 g/mol. The van der Waals surface area contributed by atoms with Crippen molar-refractivity contribution in [2.45, 2.75) is 24.4 Å². The maximum Gasteiger partial charge on any atom is 0.470 e. The maximum absolute atomic E-state index is 10.4. The molecule has 0 radical (unpaired) electrons. The van der Waals surface area contributed by atoms with Gasteiger partial charge in [-0.15, -0.1) is 0 Å². The Morgan fingerprint density at radius 2 is 1.50 bits per heavy atom. The first-order valence-corrected chi connectivity index (χ1v) is 5.75. The Kier molecular flexibility index (Phi) is 6.56. The summed E-state index contributed by atoms with van der Waals surface area (Å²) in [6.45, 7) is -1.85. The van der Waals surface area contributed by atoms with Crippen molar-refractivity contribution in [1.82, 2.24) is 0 Å². The predicted octanol–water partition coefficient (Wildman–Crippen LogP) is -3.47. The lowest BCUT2D eigenvalue weighted by Gasteiger charge is -2.27. The van der Waals surface area contributed by atoms with E-state index >= 15 is 0 Å². The van der Waals surface area contributed by atoms with E-state index in [-0.39, 0.29) is 0 Å². The van der Waals surface area contributed by atoms with Crippen LogP contribution in [0.2, 0.25) is 0 Å². The maximum atomic E-state index is 10.4. The summed E-state index contributed by atoms with van der Waals surface area (Å²) in [6.07, 6.45) is -7.37. The van der Waals surface area contributed by atoms with Crippen molar-refractivity contribution < 1.29 is 44.4 Å². The van der Waals surface area contributed by atoms with Crippen LogP contribution in [0.4, 0.5) is 0 Å². The fraction of sp³-hybridized carbons (Fsp3) is 1.00. The molecule has 0 amide bonds. The van der Waals surface area contributed by atoms with Gasteiger partial charge in [0.15, 0.2) is 0 Å². The number of phosphoric acid groups is 1. The Labute approximate surface area is 90.8 Å². The van der Waals surface area contributed by atoms with E-state index in [2.05, 4.69) is 4.52 Å². The van der Waals surface area contributed by atoms with Gasteiger partial charge in [0, 0.05) is 0 Å². The lowest BCUT2D eigenvalue weighted by molar-refractivity contribution is -0.120. The summed E-state index contributed by atoms with van der Waals surface area (Å²) < 4.78 is 14.4. The zero-order chi connectivity index (χ0) is 12.9. The first-order valence-electron chi connectivity index (χ1n) is 4.22. The number of aliphatic hydroxyl groups excluding tert-OH is 5. The summed E-state index contributed by atoms with van der Waals surface area (Å²) in [7, 11) is -4.95. The second-order valence-electron chi connectivity index (χ2n) is 3.05. The van der Waals surface area contributed by atoms with Crippen molar-refractivity contribution >= 4 is 7.82 Å². The van der Waals surface area contributed by atoms with Crippen LogP contribution in [0, 0.1) is 0 Å². The molecule has 0 spiro atoms. The molecule has 9 nitrogen and oxygen atoms in total. The number of hydrogen-bond acceptors (Lipinski definition) is 7. The first kappa shape index (κ1) is 15.9. The molecule has 0 aliphatic carbocycles. The highest BCUT2D eigenvalue weighted by atomic mass is 31.2. The quantitative estimate of drug-likeness (QED) is 0.230.